The van der Waals surface area contributed by atoms with Gasteiger partial charge in [0.05, 0.1) is 11.6 Å². The van der Waals surface area contributed by atoms with Crippen molar-refractivity contribution >= 4 is 17.2 Å². The van der Waals surface area contributed by atoms with Crippen LogP contribution in [0.25, 0.3) is 0 Å². The third-order valence-electron chi connectivity index (χ3n) is 2.86. The normalized spacial score (nSPS) is 12.2. The molecular weight excluding hydrogens is 282 g/mol. The van der Waals surface area contributed by atoms with E-state index in [1.165, 1.54) is 17.4 Å². The van der Waals surface area contributed by atoms with E-state index in [-0.39, 0.29) is 11.6 Å². The lowest BCUT2D eigenvalue weighted by Gasteiger charge is -2.17. The van der Waals surface area contributed by atoms with E-state index in [1.54, 1.807) is 0 Å². The zero-order valence-electron chi connectivity index (χ0n) is 10.9. The van der Waals surface area contributed by atoms with E-state index in [4.69, 9.17) is 0 Å². The zero-order chi connectivity index (χ0) is 14.5. The number of nitrogens with zero attached hydrogens (tertiary/aromatic N) is 1. The van der Waals surface area contributed by atoms with Gasteiger partial charge in [0.15, 0.2) is 5.82 Å². The Morgan fingerprint density at radius 3 is 2.90 bits per heavy atom. The van der Waals surface area contributed by atoms with Gasteiger partial charge in [-0.25, -0.2) is 9.37 Å². The molecule has 2 aromatic rings. The summed E-state index contributed by atoms with van der Waals surface area (Å²) >= 11 is 1.52. The van der Waals surface area contributed by atoms with Gasteiger partial charge in [0.25, 0.3) is 5.91 Å². The van der Waals surface area contributed by atoms with Crippen LogP contribution in [0.1, 0.15) is 41.0 Å². The maximum atomic E-state index is 13.5. The van der Waals surface area contributed by atoms with Gasteiger partial charge in [-0.3, -0.25) is 4.79 Å². The molecule has 1 N–H and O–H groups in total. The van der Waals surface area contributed by atoms with E-state index in [9.17, 15) is 13.6 Å². The van der Waals surface area contributed by atoms with E-state index in [0.717, 1.165) is 23.9 Å². The third kappa shape index (κ3) is 3.19. The van der Waals surface area contributed by atoms with E-state index >= 15 is 0 Å². The van der Waals surface area contributed by atoms with Crippen molar-refractivity contribution in [2.75, 3.05) is 0 Å². The van der Waals surface area contributed by atoms with Crippen molar-refractivity contribution < 1.29 is 13.6 Å². The SMILES string of the molecule is CCCC(NC(=O)c1ccnc(F)c1F)c1cccs1. The van der Waals surface area contributed by atoms with Gasteiger partial charge in [-0.05, 0) is 23.9 Å². The molecule has 0 spiro atoms. The molecule has 0 saturated carbocycles. The summed E-state index contributed by atoms with van der Waals surface area (Å²) in [5, 5.41) is 4.66. The van der Waals surface area contributed by atoms with Crippen molar-refractivity contribution in [1.82, 2.24) is 10.3 Å². The van der Waals surface area contributed by atoms with Gasteiger partial charge in [-0.1, -0.05) is 19.4 Å². The molecule has 0 radical (unpaired) electrons. The number of amides is 1. The summed E-state index contributed by atoms with van der Waals surface area (Å²) in [5.74, 6) is -3.11. The lowest BCUT2D eigenvalue weighted by atomic mass is 10.1. The van der Waals surface area contributed by atoms with Gasteiger partial charge in [0, 0.05) is 11.1 Å². The molecule has 20 heavy (non-hydrogen) atoms. The molecule has 0 bridgehead atoms. The Bertz CT molecular complexity index is 587. The lowest BCUT2D eigenvalue weighted by molar-refractivity contribution is 0.0929. The van der Waals surface area contributed by atoms with Crippen LogP contribution >= 0.6 is 11.3 Å². The first kappa shape index (κ1) is 14.6. The molecule has 106 valence electrons. The predicted octanol–water partition coefficient (Wildman–Crippen LogP) is 3.69. The van der Waals surface area contributed by atoms with Crippen LogP contribution in [0.2, 0.25) is 0 Å². The number of carbonyl (C=O) groups excluding carboxylic acids is 1. The van der Waals surface area contributed by atoms with Gasteiger partial charge in [-0.2, -0.15) is 4.39 Å². The highest BCUT2D eigenvalue weighted by molar-refractivity contribution is 7.10. The monoisotopic (exact) mass is 296 g/mol. The van der Waals surface area contributed by atoms with Crippen molar-refractivity contribution in [2.45, 2.75) is 25.8 Å². The van der Waals surface area contributed by atoms with Crippen molar-refractivity contribution in [2.24, 2.45) is 0 Å². The number of aromatic nitrogens is 1. The van der Waals surface area contributed by atoms with Crippen LogP contribution in [0.15, 0.2) is 29.8 Å². The van der Waals surface area contributed by atoms with Crippen LogP contribution in [-0.2, 0) is 0 Å². The molecule has 0 aromatic carbocycles. The summed E-state index contributed by atoms with van der Waals surface area (Å²) in [7, 11) is 0. The molecule has 2 heterocycles. The lowest BCUT2D eigenvalue weighted by Crippen LogP contribution is -2.29. The second-order valence-electron chi connectivity index (χ2n) is 4.29. The first-order chi connectivity index (χ1) is 9.63. The number of carbonyl (C=O) groups is 1. The van der Waals surface area contributed by atoms with Gasteiger partial charge in [0.2, 0.25) is 5.95 Å². The Hall–Kier alpha value is -1.82. The fourth-order valence-corrected chi connectivity index (χ4v) is 2.71. The molecule has 6 heteroatoms. The summed E-state index contributed by atoms with van der Waals surface area (Å²) in [6.07, 6.45) is 2.69. The third-order valence-corrected chi connectivity index (χ3v) is 3.85. The molecule has 0 aliphatic carbocycles. The standard InChI is InChI=1S/C14H14F2N2OS/c1-2-4-10(11-5-3-8-20-11)18-14(19)9-6-7-17-13(16)12(9)15/h3,5-8,10H,2,4H2,1H3,(H,18,19). The van der Waals surface area contributed by atoms with Crippen LogP contribution in [0.5, 0.6) is 0 Å². The Morgan fingerprint density at radius 1 is 1.45 bits per heavy atom. The molecule has 2 aromatic heterocycles. The van der Waals surface area contributed by atoms with Crippen LogP contribution in [0, 0.1) is 11.8 Å². The number of rotatable bonds is 5. The second kappa shape index (κ2) is 6.56. The van der Waals surface area contributed by atoms with Crippen LogP contribution in [-0.4, -0.2) is 10.9 Å². The Kier molecular flexibility index (Phi) is 4.79. The Labute approximate surface area is 119 Å². The van der Waals surface area contributed by atoms with E-state index < -0.39 is 17.7 Å². The quantitative estimate of drug-likeness (QED) is 0.855. The second-order valence-corrected chi connectivity index (χ2v) is 5.27. The summed E-state index contributed by atoms with van der Waals surface area (Å²) in [5.41, 5.74) is -0.324. The topological polar surface area (TPSA) is 42.0 Å². The summed E-state index contributed by atoms with van der Waals surface area (Å²) in [6, 6.07) is 4.78. The minimum Gasteiger partial charge on any atom is -0.344 e. The number of nitrogens with one attached hydrogen (secondary N) is 1. The van der Waals surface area contributed by atoms with Gasteiger partial charge >= 0.3 is 0 Å². The first-order valence-corrected chi connectivity index (χ1v) is 7.15. The Morgan fingerprint density at radius 2 is 2.25 bits per heavy atom. The van der Waals surface area contributed by atoms with Crippen molar-refractivity contribution in [3.63, 3.8) is 0 Å². The molecular formula is C14H14F2N2OS. The fraction of sp³-hybridized carbons (Fsp3) is 0.286. The minimum absolute atomic E-state index is 0.192. The summed E-state index contributed by atoms with van der Waals surface area (Å²) in [6.45, 7) is 2.00. The smallest absolute Gasteiger partial charge is 0.254 e. The van der Waals surface area contributed by atoms with E-state index in [1.807, 2.05) is 24.4 Å². The minimum atomic E-state index is -1.26. The van der Waals surface area contributed by atoms with Crippen LogP contribution in [0.4, 0.5) is 8.78 Å². The summed E-state index contributed by atoms with van der Waals surface area (Å²) in [4.78, 5) is 16.2. The van der Waals surface area contributed by atoms with Crippen molar-refractivity contribution in [3.05, 3.63) is 52.0 Å². The summed E-state index contributed by atoms with van der Waals surface area (Å²) < 4.78 is 26.6. The molecule has 3 nitrogen and oxygen atoms in total. The molecule has 0 fully saturated rings. The Balaban J connectivity index is 2.18. The van der Waals surface area contributed by atoms with Gasteiger partial charge in [0.1, 0.15) is 0 Å². The number of hydrogen-bond donors (Lipinski definition) is 1. The largest absolute Gasteiger partial charge is 0.344 e. The maximum Gasteiger partial charge on any atom is 0.254 e. The van der Waals surface area contributed by atoms with Gasteiger partial charge < -0.3 is 5.32 Å². The van der Waals surface area contributed by atoms with Crippen LogP contribution in [0.3, 0.4) is 0 Å². The zero-order valence-corrected chi connectivity index (χ0v) is 11.7. The molecule has 1 atom stereocenters. The van der Waals surface area contributed by atoms with E-state index in [2.05, 4.69) is 10.3 Å². The highest BCUT2D eigenvalue weighted by Gasteiger charge is 2.20. The highest BCUT2D eigenvalue weighted by Crippen LogP contribution is 2.24. The van der Waals surface area contributed by atoms with Gasteiger partial charge in [-0.15, -0.1) is 11.3 Å². The van der Waals surface area contributed by atoms with Crippen LogP contribution < -0.4 is 5.32 Å². The molecule has 2 rings (SSSR count). The molecule has 0 saturated heterocycles. The van der Waals surface area contributed by atoms with Crippen molar-refractivity contribution in [1.29, 1.82) is 0 Å². The predicted molar refractivity (Wildman–Crippen MR) is 73.6 cm³/mol. The molecule has 0 aliphatic heterocycles. The number of pyridine rings is 1. The number of halogens is 2. The fourth-order valence-electron chi connectivity index (χ4n) is 1.89. The number of hydrogen-bond acceptors (Lipinski definition) is 3. The maximum absolute atomic E-state index is 13.5. The molecule has 1 amide bonds. The van der Waals surface area contributed by atoms with Crippen molar-refractivity contribution in [3.8, 4) is 0 Å². The average molecular weight is 296 g/mol. The number of thiophene rings is 1. The van der Waals surface area contributed by atoms with E-state index in [0.29, 0.717) is 0 Å². The molecule has 1 unspecified atom stereocenters. The first-order valence-electron chi connectivity index (χ1n) is 6.27. The molecule has 0 aliphatic rings. The highest BCUT2D eigenvalue weighted by atomic mass is 32.1. The average Bonchev–Trinajstić information content (AvgIpc) is 2.95.